The Kier molecular flexibility index (Phi) is 5.40. The summed E-state index contributed by atoms with van der Waals surface area (Å²) in [5.74, 6) is 0. The molecule has 1 saturated carbocycles. The first kappa shape index (κ1) is 14.5. The van der Waals surface area contributed by atoms with Crippen molar-refractivity contribution >= 4 is 22.4 Å². The summed E-state index contributed by atoms with van der Waals surface area (Å²) in [5, 5.41) is 0. The van der Waals surface area contributed by atoms with Gasteiger partial charge < -0.3 is 9.47 Å². The first-order valence-electron chi connectivity index (χ1n) is 6.53. The smallest absolute Gasteiger partial charge is 0.417 e. The highest BCUT2D eigenvalue weighted by molar-refractivity contribution is 9.09. The zero-order chi connectivity index (χ0) is 13.7. The van der Waals surface area contributed by atoms with Crippen molar-refractivity contribution in [2.45, 2.75) is 49.8 Å². The maximum atomic E-state index is 10.4. The lowest BCUT2D eigenvalue weighted by Crippen LogP contribution is -2.38. The van der Waals surface area contributed by atoms with Crippen molar-refractivity contribution in [3.63, 3.8) is 0 Å². The molecule has 103 valence electrons. The van der Waals surface area contributed by atoms with Gasteiger partial charge in [0.1, 0.15) is 6.10 Å². The summed E-state index contributed by atoms with van der Waals surface area (Å²) in [5.41, 5.74) is 2.37. The predicted molar refractivity (Wildman–Crippen MR) is 76.9 cm³/mol. The molecule has 0 N–H and O–H groups in total. The minimum absolute atomic E-state index is 0.0317. The summed E-state index contributed by atoms with van der Waals surface area (Å²) in [6.45, 7) is 4.16. The van der Waals surface area contributed by atoms with E-state index in [0.717, 1.165) is 24.8 Å². The quantitative estimate of drug-likeness (QED) is 0.779. The van der Waals surface area contributed by atoms with Crippen molar-refractivity contribution in [3.05, 3.63) is 35.4 Å². The summed E-state index contributed by atoms with van der Waals surface area (Å²) < 4.78 is 10.9. The van der Waals surface area contributed by atoms with Crippen LogP contribution in [0.5, 0.6) is 0 Å². The molecule has 2 rings (SSSR count). The fraction of sp³-hybridized carbons (Fsp3) is 0.533. The molecule has 0 aliphatic heterocycles. The normalized spacial score (nSPS) is 26.9. The molecule has 19 heavy (non-hydrogen) atoms. The lowest BCUT2D eigenvalue weighted by molar-refractivity contribution is -0.0591. The van der Waals surface area contributed by atoms with Crippen LogP contribution in [0.1, 0.15) is 30.4 Å². The Bertz CT molecular complexity index is 422. The standard InChI is InChI=1S/C15H18BrO3/c1-11-3-2-4-12(7-11)9-18-14-6-5-13(16)8-15(14)19-10-17/h2-4,7,13-15H,5-6,8-9H2,1H3. The van der Waals surface area contributed by atoms with Crippen molar-refractivity contribution in [2.24, 2.45) is 0 Å². The molecule has 1 fully saturated rings. The van der Waals surface area contributed by atoms with E-state index in [9.17, 15) is 4.79 Å². The first-order valence-corrected chi connectivity index (χ1v) is 7.44. The number of halogens is 1. The molecule has 3 unspecified atom stereocenters. The van der Waals surface area contributed by atoms with Crippen LogP contribution in [0.25, 0.3) is 0 Å². The number of hydrogen-bond donors (Lipinski definition) is 0. The lowest BCUT2D eigenvalue weighted by atomic mass is 9.94. The van der Waals surface area contributed by atoms with E-state index in [4.69, 9.17) is 9.47 Å². The van der Waals surface area contributed by atoms with Gasteiger partial charge in [-0.2, -0.15) is 0 Å². The van der Waals surface area contributed by atoms with E-state index in [1.165, 1.54) is 5.56 Å². The lowest BCUT2D eigenvalue weighted by Gasteiger charge is -2.32. The second-order valence-electron chi connectivity index (χ2n) is 4.99. The molecule has 0 bridgehead atoms. The van der Waals surface area contributed by atoms with Crippen LogP contribution in [0.3, 0.4) is 0 Å². The minimum Gasteiger partial charge on any atom is -0.451 e. The zero-order valence-electron chi connectivity index (χ0n) is 11.0. The zero-order valence-corrected chi connectivity index (χ0v) is 12.6. The van der Waals surface area contributed by atoms with Crippen molar-refractivity contribution in [1.82, 2.24) is 0 Å². The molecule has 3 nitrogen and oxygen atoms in total. The van der Waals surface area contributed by atoms with Crippen LogP contribution in [0.15, 0.2) is 24.3 Å². The van der Waals surface area contributed by atoms with Crippen LogP contribution in [0, 0.1) is 6.92 Å². The molecule has 1 aromatic rings. The fourth-order valence-electron chi connectivity index (χ4n) is 2.43. The Balaban J connectivity index is 1.91. The van der Waals surface area contributed by atoms with Crippen LogP contribution < -0.4 is 0 Å². The second kappa shape index (κ2) is 7.06. The van der Waals surface area contributed by atoms with Crippen LogP contribution in [0.2, 0.25) is 0 Å². The number of carbonyl (C=O) groups excluding carboxylic acids is 1. The third-order valence-electron chi connectivity index (χ3n) is 3.41. The second-order valence-corrected chi connectivity index (χ2v) is 6.28. The van der Waals surface area contributed by atoms with Gasteiger partial charge in [0.2, 0.25) is 0 Å². The summed E-state index contributed by atoms with van der Waals surface area (Å²) in [6.07, 6.45) is 2.50. The average molecular weight is 326 g/mol. The van der Waals surface area contributed by atoms with Gasteiger partial charge >= 0.3 is 6.47 Å². The molecule has 4 heteroatoms. The van der Waals surface area contributed by atoms with Gasteiger partial charge in [-0.15, -0.1) is 0 Å². The van der Waals surface area contributed by atoms with Gasteiger partial charge in [-0.1, -0.05) is 45.8 Å². The predicted octanol–water partition coefficient (Wildman–Crippen LogP) is 3.28. The summed E-state index contributed by atoms with van der Waals surface area (Å²) in [4.78, 5) is 10.8. The Morgan fingerprint density at radius 1 is 1.37 bits per heavy atom. The van der Waals surface area contributed by atoms with Crippen LogP contribution in [-0.2, 0) is 20.9 Å². The topological polar surface area (TPSA) is 35.5 Å². The van der Waals surface area contributed by atoms with Gasteiger partial charge in [0.15, 0.2) is 0 Å². The Morgan fingerprint density at radius 3 is 2.95 bits per heavy atom. The average Bonchev–Trinajstić information content (AvgIpc) is 2.38. The molecule has 0 aromatic heterocycles. The van der Waals surface area contributed by atoms with E-state index >= 15 is 0 Å². The van der Waals surface area contributed by atoms with E-state index in [1.807, 2.05) is 12.1 Å². The Morgan fingerprint density at radius 2 is 2.21 bits per heavy atom. The summed E-state index contributed by atoms with van der Waals surface area (Å²) in [7, 11) is 0. The minimum atomic E-state index is -0.194. The van der Waals surface area contributed by atoms with E-state index in [-0.39, 0.29) is 12.2 Å². The molecule has 0 saturated heterocycles. The Labute approximate surface area is 122 Å². The number of hydrogen-bond acceptors (Lipinski definition) is 3. The highest BCUT2D eigenvalue weighted by Gasteiger charge is 2.31. The highest BCUT2D eigenvalue weighted by atomic mass is 79.9. The molecular formula is C15H18BrO3. The summed E-state index contributed by atoms with van der Waals surface area (Å²) >= 11 is 3.57. The van der Waals surface area contributed by atoms with Gasteiger partial charge in [0.05, 0.1) is 12.7 Å². The Hall–Kier alpha value is -0.870. The number of aryl methyl sites for hydroxylation is 1. The van der Waals surface area contributed by atoms with Crippen molar-refractivity contribution in [1.29, 1.82) is 0 Å². The first-order chi connectivity index (χ1) is 9.19. The van der Waals surface area contributed by atoms with Crippen LogP contribution in [0.4, 0.5) is 0 Å². The highest BCUT2D eigenvalue weighted by Crippen LogP contribution is 2.29. The number of benzene rings is 1. The maximum Gasteiger partial charge on any atom is 0.417 e. The molecule has 0 amide bonds. The van der Waals surface area contributed by atoms with Crippen molar-refractivity contribution in [3.8, 4) is 0 Å². The van der Waals surface area contributed by atoms with Gasteiger partial charge in [0.25, 0.3) is 0 Å². The molecule has 0 spiro atoms. The molecule has 1 radical (unpaired) electrons. The molecule has 1 aliphatic carbocycles. The molecule has 3 atom stereocenters. The SMILES string of the molecule is Cc1cccc(COC2CCC(Br)CC2O[C]=O)c1. The number of rotatable bonds is 5. The van der Waals surface area contributed by atoms with Gasteiger partial charge in [0, 0.05) is 4.83 Å². The largest absolute Gasteiger partial charge is 0.451 e. The molecular weight excluding hydrogens is 308 g/mol. The van der Waals surface area contributed by atoms with Gasteiger partial charge in [-0.25, -0.2) is 4.79 Å². The van der Waals surface area contributed by atoms with Crippen LogP contribution >= 0.6 is 15.9 Å². The van der Waals surface area contributed by atoms with Gasteiger partial charge in [-0.05, 0) is 31.7 Å². The summed E-state index contributed by atoms with van der Waals surface area (Å²) in [6, 6.07) is 8.24. The maximum absolute atomic E-state index is 10.4. The fourth-order valence-corrected chi connectivity index (χ4v) is 3.07. The van der Waals surface area contributed by atoms with Crippen molar-refractivity contribution < 1.29 is 14.3 Å². The van der Waals surface area contributed by atoms with Gasteiger partial charge in [-0.3, -0.25) is 0 Å². The molecule has 1 aliphatic rings. The van der Waals surface area contributed by atoms with Crippen LogP contribution in [-0.4, -0.2) is 23.5 Å². The number of alkyl halides is 1. The van der Waals surface area contributed by atoms with E-state index in [0.29, 0.717) is 11.4 Å². The van der Waals surface area contributed by atoms with E-state index < -0.39 is 0 Å². The van der Waals surface area contributed by atoms with Crippen molar-refractivity contribution in [2.75, 3.05) is 0 Å². The molecule has 1 aromatic carbocycles. The number of ether oxygens (including phenoxy) is 2. The monoisotopic (exact) mass is 325 g/mol. The third-order valence-corrected chi connectivity index (χ3v) is 4.24. The van der Waals surface area contributed by atoms with E-state index in [2.05, 4.69) is 35.0 Å². The third kappa shape index (κ3) is 4.32. The van der Waals surface area contributed by atoms with E-state index in [1.54, 1.807) is 6.47 Å². The molecule has 0 heterocycles.